The molecule has 0 unspecified atom stereocenters. The van der Waals surface area contributed by atoms with Gasteiger partial charge in [0.15, 0.2) is 0 Å². The standard InChI is InChI=1S/C15H14Br2ClN/c1-10(13-4-2-3-5-14(13)16)19-9-11-6-7-12(18)8-15(11)17/h2-8,10,19H,9H2,1H3/t10-/m1/s1. The van der Waals surface area contributed by atoms with Crippen molar-refractivity contribution >= 4 is 43.5 Å². The van der Waals surface area contributed by atoms with Gasteiger partial charge in [-0.3, -0.25) is 0 Å². The summed E-state index contributed by atoms with van der Waals surface area (Å²) in [6.45, 7) is 2.95. The van der Waals surface area contributed by atoms with E-state index >= 15 is 0 Å². The first kappa shape index (κ1) is 15.0. The van der Waals surface area contributed by atoms with Crippen LogP contribution in [0.3, 0.4) is 0 Å². The van der Waals surface area contributed by atoms with E-state index in [1.807, 2.05) is 24.3 Å². The average Bonchev–Trinajstić information content (AvgIpc) is 2.38. The van der Waals surface area contributed by atoms with E-state index in [1.165, 1.54) is 11.1 Å². The van der Waals surface area contributed by atoms with Crippen molar-refractivity contribution in [2.24, 2.45) is 0 Å². The predicted octanol–water partition coefficient (Wildman–Crippen LogP) is 5.72. The van der Waals surface area contributed by atoms with Gasteiger partial charge in [-0.25, -0.2) is 0 Å². The lowest BCUT2D eigenvalue weighted by Gasteiger charge is -2.16. The van der Waals surface area contributed by atoms with Gasteiger partial charge in [0, 0.05) is 26.6 Å². The quantitative estimate of drug-likeness (QED) is 0.689. The predicted molar refractivity (Wildman–Crippen MR) is 88.5 cm³/mol. The van der Waals surface area contributed by atoms with E-state index < -0.39 is 0 Å². The number of rotatable bonds is 4. The number of nitrogens with one attached hydrogen (secondary N) is 1. The van der Waals surface area contributed by atoms with E-state index in [2.05, 4.69) is 62.3 Å². The molecule has 1 atom stereocenters. The second-order valence-electron chi connectivity index (χ2n) is 4.36. The first-order valence-electron chi connectivity index (χ1n) is 5.99. The maximum atomic E-state index is 5.94. The molecule has 2 aromatic carbocycles. The Labute approximate surface area is 135 Å². The van der Waals surface area contributed by atoms with Crippen LogP contribution in [0.5, 0.6) is 0 Å². The molecule has 0 fully saturated rings. The van der Waals surface area contributed by atoms with Crippen LogP contribution in [0.2, 0.25) is 5.02 Å². The van der Waals surface area contributed by atoms with E-state index in [4.69, 9.17) is 11.6 Å². The molecule has 0 spiro atoms. The second-order valence-corrected chi connectivity index (χ2v) is 6.50. The molecular weight excluding hydrogens is 389 g/mol. The lowest BCUT2D eigenvalue weighted by molar-refractivity contribution is 0.572. The third-order valence-corrected chi connectivity index (χ3v) is 4.68. The van der Waals surface area contributed by atoms with Gasteiger partial charge in [-0.05, 0) is 36.2 Å². The van der Waals surface area contributed by atoms with Gasteiger partial charge in [-0.15, -0.1) is 0 Å². The molecule has 0 saturated carbocycles. The van der Waals surface area contributed by atoms with Crippen LogP contribution in [0.1, 0.15) is 24.1 Å². The summed E-state index contributed by atoms with van der Waals surface area (Å²) in [7, 11) is 0. The fraction of sp³-hybridized carbons (Fsp3) is 0.200. The summed E-state index contributed by atoms with van der Waals surface area (Å²) in [6, 6.07) is 14.4. The first-order chi connectivity index (χ1) is 9.08. The van der Waals surface area contributed by atoms with Gasteiger partial charge in [-0.1, -0.05) is 67.7 Å². The minimum absolute atomic E-state index is 0.276. The Morgan fingerprint density at radius 3 is 2.53 bits per heavy atom. The van der Waals surface area contributed by atoms with Crippen molar-refractivity contribution < 1.29 is 0 Å². The van der Waals surface area contributed by atoms with Gasteiger partial charge in [0.2, 0.25) is 0 Å². The van der Waals surface area contributed by atoms with Crippen molar-refractivity contribution in [3.63, 3.8) is 0 Å². The molecule has 1 N–H and O–H groups in total. The Morgan fingerprint density at radius 2 is 1.84 bits per heavy atom. The zero-order valence-corrected chi connectivity index (χ0v) is 14.4. The highest BCUT2D eigenvalue weighted by Gasteiger charge is 2.09. The summed E-state index contributed by atoms with van der Waals surface area (Å²) in [5.41, 5.74) is 2.45. The van der Waals surface area contributed by atoms with Crippen molar-refractivity contribution in [3.05, 3.63) is 67.6 Å². The fourth-order valence-electron chi connectivity index (χ4n) is 1.86. The van der Waals surface area contributed by atoms with E-state index in [0.717, 1.165) is 20.5 Å². The minimum atomic E-state index is 0.276. The highest BCUT2D eigenvalue weighted by atomic mass is 79.9. The number of hydrogen-bond donors (Lipinski definition) is 1. The molecule has 0 radical (unpaired) electrons. The molecule has 19 heavy (non-hydrogen) atoms. The summed E-state index contributed by atoms with van der Waals surface area (Å²) < 4.78 is 2.16. The number of hydrogen-bond acceptors (Lipinski definition) is 1. The summed E-state index contributed by atoms with van der Waals surface area (Å²) in [5, 5.41) is 4.26. The van der Waals surface area contributed by atoms with Gasteiger partial charge in [0.1, 0.15) is 0 Å². The Morgan fingerprint density at radius 1 is 1.11 bits per heavy atom. The van der Waals surface area contributed by atoms with Gasteiger partial charge in [0.25, 0.3) is 0 Å². The van der Waals surface area contributed by atoms with Crippen LogP contribution in [0.25, 0.3) is 0 Å². The van der Waals surface area contributed by atoms with Gasteiger partial charge in [-0.2, -0.15) is 0 Å². The van der Waals surface area contributed by atoms with Crippen molar-refractivity contribution in [2.45, 2.75) is 19.5 Å². The molecule has 0 aliphatic rings. The smallest absolute Gasteiger partial charge is 0.0417 e. The van der Waals surface area contributed by atoms with Crippen LogP contribution in [-0.2, 0) is 6.54 Å². The van der Waals surface area contributed by atoms with Crippen molar-refractivity contribution in [2.75, 3.05) is 0 Å². The molecule has 4 heteroatoms. The molecule has 0 aliphatic carbocycles. The van der Waals surface area contributed by atoms with Gasteiger partial charge in [0.05, 0.1) is 0 Å². The van der Waals surface area contributed by atoms with Crippen LogP contribution in [0.15, 0.2) is 51.4 Å². The Hall–Kier alpha value is -0.350. The van der Waals surface area contributed by atoms with Crippen LogP contribution < -0.4 is 5.32 Å². The molecule has 0 amide bonds. The summed E-state index contributed by atoms with van der Waals surface area (Å²) >= 11 is 13.1. The molecule has 0 heterocycles. The topological polar surface area (TPSA) is 12.0 Å². The third-order valence-electron chi connectivity index (χ3n) is 2.99. The lowest BCUT2D eigenvalue weighted by atomic mass is 10.1. The van der Waals surface area contributed by atoms with Gasteiger partial charge >= 0.3 is 0 Å². The van der Waals surface area contributed by atoms with E-state index in [9.17, 15) is 0 Å². The number of halogens is 3. The monoisotopic (exact) mass is 401 g/mol. The fourth-order valence-corrected chi connectivity index (χ4v) is 3.32. The van der Waals surface area contributed by atoms with Crippen molar-refractivity contribution in [1.29, 1.82) is 0 Å². The molecule has 100 valence electrons. The maximum Gasteiger partial charge on any atom is 0.0417 e. The summed E-state index contributed by atoms with van der Waals surface area (Å²) in [5.74, 6) is 0. The summed E-state index contributed by atoms with van der Waals surface area (Å²) in [4.78, 5) is 0. The zero-order valence-electron chi connectivity index (χ0n) is 10.5. The minimum Gasteiger partial charge on any atom is -0.306 e. The highest BCUT2D eigenvalue weighted by Crippen LogP contribution is 2.25. The second kappa shape index (κ2) is 6.89. The highest BCUT2D eigenvalue weighted by molar-refractivity contribution is 9.10. The van der Waals surface area contributed by atoms with Crippen LogP contribution in [-0.4, -0.2) is 0 Å². The lowest BCUT2D eigenvalue weighted by Crippen LogP contribution is -2.18. The SMILES string of the molecule is C[C@@H](NCc1ccc(Cl)cc1Br)c1ccccc1Br. The first-order valence-corrected chi connectivity index (χ1v) is 7.96. The molecule has 2 aromatic rings. The van der Waals surface area contributed by atoms with Crippen LogP contribution in [0.4, 0.5) is 0 Å². The van der Waals surface area contributed by atoms with Crippen molar-refractivity contribution in [1.82, 2.24) is 5.32 Å². The Balaban J connectivity index is 2.04. The van der Waals surface area contributed by atoms with E-state index in [1.54, 1.807) is 0 Å². The molecule has 0 aromatic heterocycles. The normalized spacial score (nSPS) is 12.4. The Kier molecular flexibility index (Phi) is 5.46. The van der Waals surface area contributed by atoms with Crippen LogP contribution >= 0.6 is 43.5 Å². The van der Waals surface area contributed by atoms with Crippen LogP contribution in [0, 0.1) is 0 Å². The molecule has 0 bridgehead atoms. The zero-order chi connectivity index (χ0) is 13.8. The molecular formula is C15H14Br2ClN. The molecule has 2 rings (SSSR count). The Bertz CT molecular complexity index is 572. The van der Waals surface area contributed by atoms with Gasteiger partial charge < -0.3 is 5.32 Å². The maximum absolute atomic E-state index is 5.94. The number of benzene rings is 2. The third kappa shape index (κ3) is 4.06. The molecule has 0 aliphatic heterocycles. The average molecular weight is 404 g/mol. The molecule has 0 saturated heterocycles. The molecule has 1 nitrogen and oxygen atoms in total. The summed E-state index contributed by atoms with van der Waals surface area (Å²) in [6.07, 6.45) is 0. The van der Waals surface area contributed by atoms with E-state index in [-0.39, 0.29) is 6.04 Å². The van der Waals surface area contributed by atoms with E-state index in [0.29, 0.717) is 0 Å². The largest absolute Gasteiger partial charge is 0.306 e. The van der Waals surface area contributed by atoms with Crippen molar-refractivity contribution in [3.8, 4) is 0 Å².